The van der Waals surface area contributed by atoms with Crippen LogP contribution in [0.5, 0.6) is 0 Å². The number of ether oxygens (including phenoxy) is 1. The van der Waals surface area contributed by atoms with Crippen LogP contribution < -0.4 is 10.9 Å². The summed E-state index contributed by atoms with van der Waals surface area (Å²) in [5.41, 5.74) is 3.63. The fourth-order valence-electron chi connectivity index (χ4n) is 3.90. The zero-order valence-electron chi connectivity index (χ0n) is 18.6. The largest absolute Gasteiger partial charge is 0.450 e. The number of rotatable bonds is 5. The minimum atomic E-state index is -0.607. The maximum absolute atomic E-state index is 14.8. The summed E-state index contributed by atoms with van der Waals surface area (Å²) >= 11 is 0. The number of H-pyrrole nitrogens is 2. The molecule has 1 amide bonds. The number of amides is 1. The molecular weight excluding hydrogens is 473 g/mol. The number of aromatic amines is 2. The maximum atomic E-state index is 14.8. The molecule has 2 heterocycles. The van der Waals surface area contributed by atoms with Crippen LogP contribution in [0.4, 0.5) is 15.1 Å². The third-order valence-corrected chi connectivity index (χ3v) is 5.47. The van der Waals surface area contributed by atoms with Crippen LogP contribution in [-0.4, -0.2) is 32.9 Å². The number of aromatic nitrogens is 4. The Kier molecular flexibility index (Phi) is 6.79. The number of fused-ring (bicyclic) bond motifs is 2. The van der Waals surface area contributed by atoms with Crippen molar-refractivity contribution in [3.63, 3.8) is 0 Å². The van der Waals surface area contributed by atoms with Crippen molar-refractivity contribution in [2.75, 3.05) is 11.9 Å². The van der Waals surface area contributed by atoms with E-state index in [1.165, 1.54) is 6.07 Å². The van der Waals surface area contributed by atoms with Crippen molar-refractivity contribution in [2.45, 2.75) is 13.3 Å². The van der Waals surface area contributed by atoms with Gasteiger partial charge in [0.2, 0.25) is 5.95 Å². The predicted molar refractivity (Wildman–Crippen MR) is 135 cm³/mol. The van der Waals surface area contributed by atoms with E-state index in [1.807, 2.05) is 12.1 Å². The molecule has 5 aromatic rings. The molecule has 0 saturated heterocycles. The molecule has 35 heavy (non-hydrogen) atoms. The zero-order valence-corrected chi connectivity index (χ0v) is 19.4. The van der Waals surface area contributed by atoms with Gasteiger partial charge < -0.3 is 9.72 Å². The van der Waals surface area contributed by atoms with Gasteiger partial charge in [-0.05, 0) is 48.4 Å². The summed E-state index contributed by atoms with van der Waals surface area (Å²) < 4.78 is 19.7. The van der Waals surface area contributed by atoms with Crippen molar-refractivity contribution in [1.82, 2.24) is 20.2 Å². The highest BCUT2D eigenvalue weighted by Gasteiger charge is 2.13. The van der Waals surface area contributed by atoms with Crippen molar-refractivity contribution >= 4 is 46.3 Å². The number of carbonyl (C=O) groups excluding carboxylic acids is 1. The second-order valence-corrected chi connectivity index (χ2v) is 7.70. The van der Waals surface area contributed by atoms with Gasteiger partial charge in [-0.1, -0.05) is 30.3 Å². The third kappa shape index (κ3) is 4.85. The number of benzene rings is 3. The first kappa shape index (κ1) is 23.9. The second-order valence-electron chi connectivity index (χ2n) is 7.70. The lowest BCUT2D eigenvalue weighted by atomic mass is 9.98. The van der Waals surface area contributed by atoms with Crippen molar-refractivity contribution in [3.8, 4) is 11.1 Å². The van der Waals surface area contributed by atoms with Gasteiger partial charge in [0.25, 0.3) is 5.56 Å². The molecule has 5 rings (SSSR count). The third-order valence-electron chi connectivity index (χ3n) is 5.47. The van der Waals surface area contributed by atoms with Crippen LogP contribution in [0.25, 0.3) is 32.9 Å². The molecule has 8 nitrogen and oxygen atoms in total. The SMILES string of the molecule is CCOC(=O)Nc1nc2ccc(-c3cc(Cc4n[nH]c(=O)c5ccccc45)ccc3F)cc2[nH]1.Cl. The Morgan fingerprint density at radius 1 is 1.09 bits per heavy atom. The van der Waals surface area contributed by atoms with Gasteiger partial charge in [0.05, 0.1) is 28.7 Å². The zero-order chi connectivity index (χ0) is 23.7. The van der Waals surface area contributed by atoms with Gasteiger partial charge in [-0.2, -0.15) is 5.10 Å². The minimum Gasteiger partial charge on any atom is -0.450 e. The molecule has 10 heteroatoms. The van der Waals surface area contributed by atoms with Gasteiger partial charge in [0, 0.05) is 17.4 Å². The number of carbonyl (C=O) groups is 1. The minimum absolute atomic E-state index is 0. The Morgan fingerprint density at radius 3 is 2.69 bits per heavy atom. The number of anilines is 1. The molecule has 0 saturated carbocycles. The predicted octanol–water partition coefficient (Wildman–Crippen LogP) is 5.19. The molecule has 0 fully saturated rings. The standard InChI is InChI=1S/C25H20FN5O3.ClH/c1-2-34-25(33)29-24-27-20-10-8-15(13-22(20)28-24)18-11-14(7-9-19(18)26)12-21-16-5-3-4-6-17(16)23(32)31-30-21;/h3-11,13H,2,12H2,1H3,(H,31,32)(H2,27,28,29,33);1H. The van der Waals surface area contributed by atoms with Gasteiger partial charge in [-0.3, -0.25) is 10.1 Å². The summed E-state index contributed by atoms with van der Waals surface area (Å²) in [4.78, 5) is 31.0. The Balaban J connectivity index is 0.00000289. The summed E-state index contributed by atoms with van der Waals surface area (Å²) in [5.74, 6) is -0.123. The second kappa shape index (κ2) is 9.94. The first-order valence-corrected chi connectivity index (χ1v) is 10.7. The first-order chi connectivity index (χ1) is 16.5. The summed E-state index contributed by atoms with van der Waals surface area (Å²) in [6.45, 7) is 1.96. The number of hydrogen-bond donors (Lipinski definition) is 3. The highest BCUT2D eigenvalue weighted by atomic mass is 35.5. The van der Waals surface area contributed by atoms with Crippen LogP contribution in [0.15, 0.2) is 65.5 Å². The van der Waals surface area contributed by atoms with Crippen molar-refractivity contribution in [1.29, 1.82) is 0 Å². The average Bonchev–Trinajstić information content (AvgIpc) is 3.23. The molecule has 3 aromatic carbocycles. The summed E-state index contributed by atoms with van der Waals surface area (Å²) in [6, 6.07) is 17.4. The van der Waals surface area contributed by atoms with Gasteiger partial charge >= 0.3 is 6.09 Å². The van der Waals surface area contributed by atoms with Crippen molar-refractivity contribution < 1.29 is 13.9 Å². The quantitative estimate of drug-likeness (QED) is 0.312. The summed E-state index contributed by atoms with van der Waals surface area (Å²) in [6.07, 6.45) is -0.186. The highest BCUT2D eigenvalue weighted by Crippen LogP contribution is 2.28. The Bertz CT molecular complexity index is 1600. The van der Waals surface area contributed by atoms with Crippen LogP contribution >= 0.6 is 12.4 Å². The van der Waals surface area contributed by atoms with E-state index in [0.29, 0.717) is 39.7 Å². The van der Waals surface area contributed by atoms with E-state index < -0.39 is 6.09 Å². The van der Waals surface area contributed by atoms with Crippen molar-refractivity contribution in [2.24, 2.45) is 0 Å². The van der Waals surface area contributed by atoms with E-state index in [4.69, 9.17) is 4.74 Å². The number of nitrogens with one attached hydrogen (secondary N) is 3. The van der Waals surface area contributed by atoms with Crippen LogP contribution in [0.3, 0.4) is 0 Å². The van der Waals surface area contributed by atoms with Crippen molar-refractivity contribution in [3.05, 3.63) is 88.1 Å². The fourth-order valence-corrected chi connectivity index (χ4v) is 3.90. The molecule has 178 valence electrons. The molecule has 0 bridgehead atoms. The molecule has 0 aliphatic carbocycles. The highest BCUT2D eigenvalue weighted by molar-refractivity contribution is 5.88. The molecule has 0 atom stereocenters. The van der Waals surface area contributed by atoms with E-state index in [-0.39, 0.29) is 36.3 Å². The monoisotopic (exact) mass is 493 g/mol. The summed E-state index contributed by atoms with van der Waals surface area (Å²) in [5, 5.41) is 10.6. The molecule has 0 spiro atoms. The number of nitrogens with zero attached hydrogens (tertiary/aromatic N) is 2. The smallest absolute Gasteiger partial charge is 0.413 e. The van der Waals surface area contributed by atoms with Gasteiger partial charge in [0.1, 0.15) is 5.82 Å². The first-order valence-electron chi connectivity index (χ1n) is 10.7. The van der Waals surface area contributed by atoms with Gasteiger partial charge in [-0.25, -0.2) is 19.3 Å². The maximum Gasteiger partial charge on any atom is 0.413 e. The summed E-state index contributed by atoms with van der Waals surface area (Å²) in [7, 11) is 0. The molecule has 3 N–H and O–H groups in total. The molecule has 0 aliphatic rings. The van der Waals surface area contributed by atoms with Crippen LogP contribution in [-0.2, 0) is 11.2 Å². The molecule has 0 aliphatic heterocycles. The fraction of sp³-hybridized carbons (Fsp3) is 0.120. The van der Waals surface area contributed by atoms with Gasteiger partial charge in [-0.15, -0.1) is 12.4 Å². The Morgan fingerprint density at radius 2 is 1.89 bits per heavy atom. The number of imidazole rings is 1. The molecular formula is C25H21ClFN5O3. The van der Waals surface area contributed by atoms with Gasteiger partial charge in [0.15, 0.2) is 0 Å². The Labute approximate surface area is 205 Å². The molecule has 0 radical (unpaired) electrons. The lowest BCUT2D eigenvalue weighted by molar-refractivity contribution is 0.167. The Hall–Kier alpha value is -4.24. The lowest BCUT2D eigenvalue weighted by Crippen LogP contribution is -2.14. The van der Waals surface area contributed by atoms with Crippen LogP contribution in [0.1, 0.15) is 18.2 Å². The normalized spacial score (nSPS) is 10.8. The van der Waals surface area contributed by atoms with E-state index in [2.05, 4.69) is 25.5 Å². The average molecular weight is 494 g/mol. The van der Waals surface area contributed by atoms with Crippen LogP contribution in [0.2, 0.25) is 0 Å². The lowest BCUT2D eigenvalue weighted by Gasteiger charge is -2.09. The van der Waals surface area contributed by atoms with E-state index in [0.717, 1.165) is 10.9 Å². The number of hydrogen-bond acceptors (Lipinski definition) is 5. The van der Waals surface area contributed by atoms with E-state index in [1.54, 1.807) is 49.4 Å². The topological polar surface area (TPSA) is 113 Å². The van der Waals surface area contributed by atoms with E-state index in [9.17, 15) is 14.0 Å². The molecule has 0 unspecified atom stereocenters. The van der Waals surface area contributed by atoms with E-state index >= 15 is 0 Å². The molecule has 2 aromatic heterocycles. The van der Waals surface area contributed by atoms with Crippen LogP contribution in [0, 0.1) is 5.82 Å². The number of halogens is 2.